The maximum atomic E-state index is 10.8. The van der Waals surface area contributed by atoms with E-state index in [4.69, 9.17) is 5.11 Å². The minimum absolute atomic E-state index is 0.116. The molecule has 0 fully saturated rings. The zero-order valence-corrected chi connectivity index (χ0v) is 12.5. The van der Waals surface area contributed by atoms with E-state index in [0.29, 0.717) is 13.1 Å². The number of rotatable bonds is 6. The van der Waals surface area contributed by atoms with Crippen LogP contribution in [0.15, 0.2) is 30.3 Å². The van der Waals surface area contributed by atoms with Crippen LogP contribution in [-0.4, -0.2) is 22.6 Å². The van der Waals surface area contributed by atoms with Gasteiger partial charge in [-0.25, -0.2) is 4.98 Å². The van der Waals surface area contributed by atoms with Gasteiger partial charge in [0.05, 0.1) is 12.1 Å². The number of aliphatic carboxylic acids is 1. The molecule has 2 rings (SSSR count). The number of hydrogen-bond donors (Lipinski definition) is 1. The molecule has 2 aromatic rings. The molecular formula is C15H18N2O2S. The van der Waals surface area contributed by atoms with Crippen LogP contribution in [0.1, 0.15) is 22.6 Å². The lowest BCUT2D eigenvalue weighted by atomic mass is 10.2. The predicted octanol–water partition coefficient (Wildman–Crippen LogP) is 3.24. The van der Waals surface area contributed by atoms with E-state index < -0.39 is 5.97 Å². The Bertz CT molecular complexity index is 561. The van der Waals surface area contributed by atoms with Crippen LogP contribution in [0.25, 0.3) is 0 Å². The van der Waals surface area contributed by atoms with Gasteiger partial charge in [-0.15, -0.1) is 11.3 Å². The highest BCUT2D eigenvalue weighted by molar-refractivity contribution is 7.15. The summed E-state index contributed by atoms with van der Waals surface area (Å²) in [5.74, 6) is -0.784. The molecule has 0 saturated heterocycles. The summed E-state index contributed by atoms with van der Waals surface area (Å²) in [5, 5.41) is 9.79. The van der Waals surface area contributed by atoms with E-state index in [2.05, 4.69) is 4.98 Å². The Morgan fingerprint density at radius 1 is 1.30 bits per heavy atom. The molecule has 0 amide bonds. The highest BCUT2D eigenvalue weighted by Crippen LogP contribution is 2.26. The van der Waals surface area contributed by atoms with Gasteiger partial charge in [0.15, 0.2) is 5.13 Å². The van der Waals surface area contributed by atoms with Crippen molar-refractivity contribution in [2.75, 3.05) is 11.4 Å². The molecule has 0 unspecified atom stereocenters. The Morgan fingerprint density at radius 3 is 2.55 bits per heavy atom. The van der Waals surface area contributed by atoms with Crippen LogP contribution in [-0.2, 0) is 11.3 Å². The number of nitrogens with zero attached hydrogens (tertiary/aromatic N) is 2. The highest BCUT2D eigenvalue weighted by atomic mass is 32.1. The lowest BCUT2D eigenvalue weighted by Crippen LogP contribution is -2.25. The number of thiazole rings is 1. The summed E-state index contributed by atoms with van der Waals surface area (Å²) >= 11 is 1.62. The normalized spacial score (nSPS) is 10.5. The molecule has 1 heterocycles. The van der Waals surface area contributed by atoms with Gasteiger partial charge in [0.2, 0.25) is 0 Å². The lowest BCUT2D eigenvalue weighted by Gasteiger charge is -2.21. The number of carboxylic acids is 1. The van der Waals surface area contributed by atoms with E-state index in [1.165, 1.54) is 4.88 Å². The molecule has 0 radical (unpaired) electrons. The second-order valence-electron chi connectivity index (χ2n) is 4.69. The quantitative estimate of drug-likeness (QED) is 0.887. The number of aromatic nitrogens is 1. The van der Waals surface area contributed by atoms with Crippen molar-refractivity contribution in [3.05, 3.63) is 46.5 Å². The number of aryl methyl sites for hydroxylation is 2. The van der Waals surface area contributed by atoms with Gasteiger partial charge in [-0.3, -0.25) is 4.79 Å². The molecule has 0 atom stereocenters. The molecule has 1 aromatic carbocycles. The fraction of sp³-hybridized carbons (Fsp3) is 0.333. The second kappa shape index (κ2) is 6.52. The average Bonchev–Trinajstić information content (AvgIpc) is 2.75. The van der Waals surface area contributed by atoms with E-state index in [1.54, 1.807) is 11.3 Å². The molecule has 0 aliphatic rings. The Morgan fingerprint density at radius 2 is 2.00 bits per heavy atom. The van der Waals surface area contributed by atoms with Crippen LogP contribution in [0.4, 0.5) is 5.13 Å². The van der Waals surface area contributed by atoms with Gasteiger partial charge in [0.25, 0.3) is 0 Å². The molecule has 4 nitrogen and oxygen atoms in total. The zero-order valence-electron chi connectivity index (χ0n) is 11.7. The molecule has 20 heavy (non-hydrogen) atoms. The molecule has 0 bridgehead atoms. The molecule has 0 aliphatic carbocycles. The third-order valence-corrected chi connectivity index (χ3v) is 4.23. The lowest BCUT2D eigenvalue weighted by molar-refractivity contribution is -0.136. The number of hydrogen-bond acceptors (Lipinski definition) is 4. The summed E-state index contributed by atoms with van der Waals surface area (Å²) in [6.07, 6.45) is 0.116. The Balaban J connectivity index is 2.17. The van der Waals surface area contributed by atoms with E-state index in [1.807, 2.05) is 49.1 Å². The Kier molecular flexibility index (Phi) is 4.74. The molecule has 1 N–H and O–H groups in total. The maximum Gasteiger partial charge on any atom is 0.305 e. The van der Waals surface area contributed by atoms with Gasteiger partial charge in [-0.05, 0) is 19.4 Å². The van der Waals surface area contributed by atoms with Gasteiger partial charge in [0, 0.05) is 18.0 Å². The van der Waals surface area contributed by atoms with Gasteiger partial charge in [0.1, 0.15) is 0 Å². The second-order valence-corrected chi connectivity index (χ2v) is 5.87. The molecule has 1 aromatic heterocycles. The molecule has 5 heteroatoms. The summed E-state index contributed by atoms with van der Waals surface area (Å²) in [4.78, 5) is 18.6. The summed E-state index contributed by atoms with van der Waals surface area (Å²) in [5.41, 5.74) is 2.17. The van der Waals surface area contributed by atoms with Crippen molar-refractivity contribution in [2.45, 2.75) is 26.8 Å². The molecule has 0 spiro atoms. The summed E-state index contributed by atoms with van der Waals surface area (Å²) in [6.45, 7) is 5.17. The number of carbonyl (C=O) groups is 1. The third kappa shape index (κ3) is 3.81. The van der Waals surface area contributed by atoms with Crippen molar-refractivity contribution in [2.24, 2.45) is 0 Å². The van der Waals surface area contributed by atoms with Crippen molar-refractivity contribution in [1.29, 1.82) is 0 Å². The van der Waals surface area contributed by atoms with Crippen molar-refractivity contribution in [1.82, 2.24) is 4.98 Å². The van der Waals surface area contributed by atoms with Gasteiger partial charge in [-0.2, -0.15) is 0 Å². The van der Waals surface area contributed by atoms with Crippen LogP contribution in [0.5, 0.6) is 0 Å². The number of anilines is 1. The minimum Gasteiger partial charge on any atom is -0.481 e. The molecule has 0 aliphatic heterocycles. The SMILES string of the molecule is Cc1nc(N(CCC(=O)O)Cc2ccccc2)sc1C. The fourth-order valence-corrected chi connectivity index (χ4v) is 2.80. The van der Waals surface area contributed by atoms with E-state index >= 15 is 0 Å². The maximum absolute atomic E-state index is 10.8. The zero-order chi connectivity index (χ0) is 14.5. The Labute approximate surface area is 122 Å². The largest absolute Gasteiger partial charge is 0.481 e. The summed E-state index contributed by atoms with van der Waals surface area (Å²) in [6, 6.07) is 10.0. The highest BCUT2D eigenvalue weighted by Gasteiger charge is 2.14. The van der Waals surface area contributed by atoms with Crippen LogP contribution >= 0.6 is 11.3 Å². The topological polar surface area (TPSA) is 53.4 Å². The van der Waals surface area contributed by atoms with Crippen molar-refractivity contribution < 1.29 is 9.90 Å². The summed E-state index contributed by atoms with van der Waals surface area (Å²) < 4.78 is 0. The first-order valence-electron chi connectivity index (χ1n) is 6.51. The van der Waals surface area contributed by atoms with Crippen LogP contribution in [0, 0.1) is 13.8 Å². The fourth-order valence-electron chi connectivity index (χ4n) is 1.87. The van der Waals surface area contributed by atoms with Gasteiger partial charge < -0.3 is 10.0 Å². The molecule has 0 saturated carbocycles. The predicted molar refractivity (Wildman–Crippen MR) is 81.3 cm³/mol. The van der Waals surface area contributed by atoms with Crippen LogP contribution in [0.2, 0.25) is 0 Å². The first-order chi connectivity index (χ1) is 9.56. The minimum atomic E-state index is -0.784. The smallest absolute Gasteiger partial charge is 0.305 e. The number of carboxylic acid groups (broad SMARTS) is 1. The first kappa shape index (κ1) is 14.5. The standard InChI is InChI=1S/C15H18N2O2S/c1-11-12(2)20-15(16-11)17(9-8-14(18)19)10-13-6-4-3-5-7-13/h3-7H,8-10H2,1-2H3,(H,18,19). The van der Waals surface area contributed by atoms with Crippen molar-refractivity contribution in [3.8, 4) is 0 Å². The van der Waals surface area contributed by atoms with E-state index in [-0.39, 0.29) is 6.42 Å². The van der Waals surface area contributed by atoms with Gasteiger partial charge >= 0.3 is 5.97 Å². The Hall–Kier alpha value is -1.88. The number of benzene rings is 1. The average molecular weight is 290 g/mol. The third-order valence-electron chi connectivity index (χ3n) is 3.10. The van der Waals surface area contributed by atoms with Crippen LogP contribution in [0.3, 0.4) is 0 Å². The van der Waals surface area contributed by atoms with E-state index in [0.717, 1.165) is 16.4 Å². The van der Waals surface area contributed by atoms with Crippen molar-refractivity contribution >= 4 is 22.4 Å². The van der Waals surface area contributed by atoms with Crippen LogP contribution < -0.4 is 4.90 Å². The summed E-state index contributed by atoms with van der Waals surface area (Å²) in [7, 11) is 0. The monoisotopic (exact) mass is 290 g/mol. The van der Waals surface area contributed by atoms with E-state index in [9.17, 15) is 4.79 Å². The van der Waals surface area contributed by atoms with Gasteiger partial charge in [-0.1, -0.05) is 30.3 Å². The molecule has 106 valence electrons. The van der Waals surface area contributed by atoms with Crippen molar-refractivity contribution in [3.63, 3.8) is 0 Å². The first-order valence-corrected chi connectivity index (χ1v) is 7.32. The molecular weight excluding hydrogens is 272 g/mol.